The van der Waals surface area contributed by atoms with Gasteiger partial charge in [0.2, 0.25) is 5.91 Å². The van der Waals surface area contributed by atoms with E-state index in [0.29, 0.717) is 24.6 Å². The number of hydrogen-bond acceptors (Lipinski definition) is 4. The first-order valence-electron chi connectivity index (χ1n) is 7.51. The van der Waals surface area contributed by atoms with Crippen molar-refractivity contribution in [3.8, 4) is 0 Å². The Balaban J connectivity index is 1.55. The van der Waals surface area contributed by atoms with Crippen molar-refractivity contribution in [3.63, 3.8) is 0 Å². The molecule has 21 heavy (non-hydrogen) atoms. The lowest BCUT2D eigenvalue weighted by molar-refractivity contribution is -0.121. The fraction of sp³-hybridized carbons (Fsp3) is 0.786. The summed E-state index contributed by atoms with van der Waals surface area (Å²) in [5, 5.41) is 9.10. The van der Waals surface area contributed by atoms with Crippen LogP contribution in [0.15, 0.2) is 0 Å². The number of thioether (sulfide) groups is 1. The van der Waals surface area contributed by atoms with Crippen molar-refractivity contribution in [2.45, 2.75) is 56.4 Å². The molecule has 0 aliphatic carbocycles. The van der Waals surface area contributed by atoms with Crippen LogP contribution in [0.3, 0.4) is 0 Å². The molecule has 0 aromatic heterocycles. The normalized spacial score (nSPS) is 26.9. The van der Waals surface area contributed by atoms with Gasteiger partial charge < -0.3 is 16.0 Å². The van der Waals surface area contributed by atoms with Crippen LogP contribution in [0.25, 0.3) is 0 Å². The van der Waals surface area contributed by atoms with Crippen molar-refractivity contribution in [2.75, 3.05) is 12.3 Å². The number of nitrogens with one attached hydrogen (secondary N) is 3. The van der Waals surface area contributed by atoms with Gasteiger partial charge in [-0.05, 0) is 19.8 Å². The van der Waals surface area contributed by atoms with Gasteiger partial charge in [-0.2, -0.15) is 11.8 Å². The molecule has 3 atom stereocenters. The van der Waals surface area contributed by atoms with E-state index in [9.17, 15) is 14.4 Å². The van der Waals surface area contributed by atoms with Crippen LogP contribution >= 0.6 is 11.8 Å². The van der Waals surface area contributed by atoms with Gasteiger partial charge in [0.05, 0.1) is 12.1 Å². The maximum atomic E-state index is 11.6. The third-order valence-corrected chi connectivity index (χ3v) is 5.39. The molecule has 2 saturated heterocycles. The molecule has 3 amide bonds. The molecule has 2 heterocycles. The highest BCUT2D eigenvalue weighted by Gasteiger charge is 2.42. The van der Waals surface area contributed by atoms with E-state index in [4.69, 9.17) is 0 Å². The van der Waals surface area contributed by atoms with E-state index in [1.165, 1.54) is 6.92 Å². The topological polar surface area (TPSA) is 87.3 Å². The van der Waals surface area contributed by atoms with Crippen molar-refractivity contribution < 1.29 is 14.4 Å². The highest BCUT2D eigenvalue weighted by Crippen LogP contribution is 2.33. The lowest BCUT2D eigenvalue weighted by atomic mass is 10.0. The fourth-order valence-corrected chi connectivity index (χ4v) is 4.28. The average Bonchev–Trinajstić information content (AvgIpc) is 2.94. The highest BCUT2D eigenvalue weighted by atomic mass is 32.2. The smallest absolute Gasteiger partial charge is 0.315 e. The van der Waals surface area contributed by atoms with Crippen LogP contribution in [0.4, 0.5) is 4.79 Å². The molecule has 3 N–H and O–H groups in total. The third-order valence-electron chi connectivity index (χ3n) is 3.88. The number of unbranched alkanes of at least 4 members (excludes halogenated alkanes) is 1. The number of urea groups is 1. The van der Waals surface area contributed by atoms with Gasteiger partial charge in [0, 0.05) is 30.4 Å². The van der Waals surface area contributed by atoms with Gasteiger partial charge in [-0.15, -0.1) is 0 Å². The average molecular weight is 313 g/mol. The Morgan fingerprint density at radius 1 is 1.29 bits per heavy atom. The Labute approximate surface area is 129 Å². The highest BCUT2D eigenvalue weighted by molar-refractivity contribution is 8.00. The van der Waals surface area contributed by atoms with E-state index in [-0.39, 0.29) is 29.8 Å². The number of rotatable bonds is 8. The maximum absolute atomic E-state index is 11.6. The summed E-state index contributed by atoms with van der Waals surface area (Å²) in [5.41, 5.74) is 0. The molecule has 0 radical (unpaired) electrons. The van der Waals surface area contributed by atoms with E-state index >= 15 is 0 Å². The van der Waals surface area contributed by atoms with Gasteiger partial charge in [-0.1, -0.05) is 6.42 Å². The van der Waals surface area contributed by atoms with Gasteiger partial charge in [0.1, 0.15) is 5.78 Å². The second kappa shape index (κ2) is 7.68. The number of Topliss-reactive ketones (excluding diaryl/α,β-unsaturated/α-hetero) is 1. The predicted octanol–water partition coefficient (Wildman–Crippen LogP) is 0.808. The maximum Gasteiger partial charge on any atom is 0.315 e. The van der Waals surface area contributed by atoms with Crippen molar-refractivity contribution in [1.82, 2.24) is 16.0 Å². The third kappa shape index (κ3) is 4.91. The summed E-state index contributed by atoms with van der Waals surface area (Å²) in [6, 6.07) is 0.453. The van der Waals surface area contributed by atoms with E-state index in [1.54, 1.807) is 0 Å². The van der Waals surface area contributed by atoms with Crippen LogP contribution in [0, 0.1) is 0 Å². The molecule has 2 aliphatic heterocycles. The first-order chi connectivity index (χ1) is 10.1. The first kappa shape index (κ1) is 16.1. The van der Waals surface area contributed by atoms with E-state index in [1.807, 2.05) is 11.8 Å². The van der Waals surface area contributed by atoms with Gasteiger partial charge in [0.25, 0.3) is 0 Å². The predicted molar refractivity (Wildman–Crippen MR) is 82.3 cm³/mol. The quantitative estimate of drug-likeness (QED) is 0.457. The number of amides is 3. The van der Waals surface area contributed by atoms with E-state index in [2.05, 4.69) is 16.0 Å². The Bertz CT molecular complexity index is 416. The second-order valence-corrected chi connectivity index (χ2v) is 6.94. The van der Waals surface area contributed by atoms with Crippen LogP contribution in [-0.2, 0) is 9.59 Å². The lowest BCUT2D eigenvalue weighted by Gasteiger charge is -2.16. The minimum atomic E-state index is -0.0554. The molecule has 0 aromatic rings. The largest absolute Gasteiger partial charge is 0.356 e. The minimum absolute atomic E-state index is 0.0176. The molecule has 0 aromatic carbocycles. The Morgan fingerprint density at radius 2 is 2.10 bits per heavy atom. The summed E-state index contributed by atoms with van der Waals surface area (Å²) in [6.45, 7) is 1.96. The van der Waals surface area contributed by atoms with Crippen LogP contribution in [0.2, 0.25) is 0 Å². The van der Waals surface area contributed by atoms with Gasteiger partial charge in [-0.3, -0.25) is 9.59 Å². The molecule has 0 spiro atoms. The zero-order chi connectivity index (χ0) is 15.2. The Morgan fingerprint density at radius 3 is 2.86 bits per heavy atom. The summed E-state index contributed by atoms with van der Waals surface area (Å²) in [4.78, 5) is 33.6. The lowest BCUT2D eigenvalue weighted by Crippen LogP contribution is -2.36. The zero-order valence-corrected chi connectivity index (χ0v) is 13.1. The minimum Gasteiger partial charge on any atom is -0.356 e. The van der Waals surface area contributed by atoms with E-state index in [0.717, 1.165) is 25.0 Å². The number of carbonyl (C=O) groups excluding carboxylic acids is 3. The van der Waals surface area contributed by atoms with Crippen LogP contribution in [-0.4, -0.2) is 47.4 Å². The van der Waals surface area contributed by atoms with Crippen LogP contribution < -0.4 is 16.0 Å². The number of carbonyl (C=O) groups is 3. The number of hydrogen-bond donors (Lipinski definition) is 3. The fourth-order valence-electron chi connectivity index (χ4n) is 2.74. The molecule has 2 fully saturated rings. The SMILES string of the molecule is CC(=O)CCNC(=O)CCCCC1SCC2NC(=O)NC21. The summed E-state index contributed by atoms with van der Waals surface area (Å²) in [6.07, 6.45) is 3.77. The molecule has 0 bridgehead atoms. The van der Waals surface area contributed by atoms with Gasteiger partial charge in [-0.25, -0.2) is 4.79 Å². The monoisotopic (exact) mass is 313 g/mol. The second-order valence-electron chi connectivity index (χ2n) is 5.67. The standard InChI is InChI=1S/C14H23N3O3S/c1-9(18)6-7-15-12(19)5-3-2-4-11-13-10(8-21-11)16-14(20)17-13/h10-11,13H,2-8H2,1H3,(H,15,19)(H2,16,17,20). The van der Waals surface area contributed by atoms with Gasteiger partial charge >= 0.3 is 6.03 Å². The summed E-state index contributed by atoms with van der Waals surface area (Å²) < 4.78 is 0. The summed E-state index contributed by atoms with van der Waals surface area (Å²) in [5.74, 6) is 1.08. The molecule has 2 aliphatic rings. The molecule has 6 nitrogen and oxygen atoms in total. The Kier molecular flexibility index (Phi) is 5.90. The van der Waals surface area contributed by atoms with Gasteiger partial charge in [0.15, 0.2) is 0 Å². The molecular formula is C14H23N3O3S. The molecule has 3 unspecified atom stereocenters. The van der Waals surface area contributed by atoms with Crippen molar-refractivity contribution in [1.29, 1.82) is 0 Å². The summed E-state index contributed by atoms with van der Waals surface area (Å²) >= 11 is 1.90. The number of ketones is 1. The Hall–Kier alpha value is -1.24. The van der Waals surface area contributed by atoms with Crippen LogP contribution in [0.5, 0.6) is 0 Å². The van der Waals surface area contributed by atoms with Crippen LogP contribution in [0.1, 0.15) is 39.0 Å². The van der Waals surface area contributed by atoms with Crippen molar-refractivity contribution >= 4 is 29.5 Å². The number of fused-ring (bicyclic) bond motifs is 1. The first-order valence-corrected chi connectivity index (χ1v) is 8.56. The van der Waals surface area contributed by atoms with Crippen molar-refractivity contribution in [2.24, 2.45) is 0 Å². The molecule has 118 valence electrons. The molecule has 7 heteroatoms. The molecule has 2 rings (SSSR count). The van der Waals surface area contributed by atoms with E-state index < -0.39 is 0 Å². The molecule has 0 saturated carbocycles. The zero-order valence-electron chi connectivity index (χ0n) is 12.3. The van der Waals surface area contributed by atoms with Crippen molar-refractivity contribution in [3.05, 3.63) is 0 Å². The summed E-state index contributed by atoms with van der Waals surface area (Å²) in [7, 11) is 0. The molecular weight excluding hydrogens is 290 g/mol.